The Morgan fingerprint density at radius 3 is 2.82 bits per heavy atom. The number of aromatic nitrogens is 2. The van der Waals surface area contributed by atoms with Gasteiger partial charge in [0.15, 0.2) is 0 Å². The van der Waals surface area contributed by atoms with Crippen molar-refractivity contribution < 1.29 is 4.74 Å². The van der Waals surface area contributed by atoms with Gasteiger partial charge in [0.25, 0.3) is 0 Å². The Labute approximate surface area is 101 Å². The van der Waals surface area contributed by atoms with Crippen molar-refractivity contribution in [1.29, 1.82) is 0 Å². The molecule has 0 saturated carbocycles. The lowest BCUT2D eigenvalue weighted by Gasteiger charge is -2.09. The molecule has 4 nitrogen and oxygen atoms in total. The monoisotopic (exact) mass is 229 g/mol. The summed E-state index contributed by atoms with van der Waals surface area (Å²) in [5, 5.41) is 3.25. The second-order valence-corrected chi connectivity index (χ2v) is 3.65. The van der Waals surface area contributed by atoms with Gasteiger partial charge < -0.3 is 10.1 Å². The fourth-order valence-corrected chi connectivity index (χ4v) is 1.59. The molecule has 0 amide bonds. The fraction of sp³-hybridized carbons (Fsp3) is 0.231. The summed E-state index contributed by atoms with van der Waals surface area (Å²) < 4.78 is 5.28. The highest BCUT2D eigenvalue weighted by atomic mass is 16.5. The summed E-state index contributed by atoms with van der Waals surface area (Å²) >= 11 is 0. The normalized spacial score (nSPS) is 10.0. The number of rotatable bonds is 4. The molecule has 0 aliphatic carbocycles. The van der Waals surface area contributed by atoms with E-state index in [0.29, 0.717) is 6.54 Å². The average Bonchev–Trinajstić information content (AvgIpc) is 2.37. The van der Waals surface area contributed by atoms with Crippen LogP contribution in [-0.4, -0.2) is 17.1 Å². The molecular weight excluding hydrogens is 214 g/mol. The van der Waals surface area contributed by atoms with Crippen LogP contribution in [0.15, 0.2) is 36.5 Å². The highest BCUT2D eigenvalue weighted by Gasteiger charge is 2.01. The highest BCUT2D eigenvalue weighted by molar-refractivity contribution is 5.39. The first-order chi connectivity index (χ1) is 8.29. The fourth-order valence-electron chi connectivity index (χ4n) is 1.59. The first-order valence-corrected chi connectivity index (χ1v) is 5.45. The molecule has 88 valence electrons. The standard InChI is InChI=1S/C13H15N3O/c1-10-14-8-7-13(16-10)15-9-11-5-3-4-6-12(11)17-2/h3-8H,9H2,1-2H3,(H,14,15,16). The van der Waals surface area contributed by atoms with E-state index < -0.39 is 0 Å². The summed E-state index contributed by atoms with van der Waals surface area (Å²) in [6.07, 6.45) is 1.74. The lowest BCUT2D eigenvalue weighted by molar-refractivity contribution is 0.410. The number of nitrogens with one attached hydrogen (secondary N) is 1. The predicted octanol–water partition coefficient (Wildman–Crippen LogP) is 2.41. The van der Waals surface area contributed by atoms with E-state index in [1.54, 1.807) is 13.3 Å². The van der Waals surface area contributed by atoms with E-state index in [2.05, 4.69) is 15.3 Å². The number of aryl methyl sites for hydroxylation is 1. The minimum absolute atomic E-state index is 0.681. The third kappa shape index (κ3) is 2.93. The van der Waals surface area contributed by atoms with E-state index in [0.717, 1.165) is 23.0 Å². The van der Waals surface area contributed by atoms with Gasteiger partial charge in [-0.05, 0) is 19.1 Å². The maximum Gasteiger partial charge on any atom is 0.129 e. The molecule has 0 unspecified atom stereocenters. The van der Waals surface area contributed by atoms with Crippen molar-refractivity contribution in [2.45, 2.75) is 13.5 Å². The van der Waals surface area contributed by atoms with Crippen LogP contribution in [0.4, 0.5) is 5.82 Å². The Kier molecular flexibility index (Phi) is 3.55. The second kappa shape index (κ2) is 5.30. The number of nitrogens with zero attached hydrogens (tertiary/aromatic N) is 2. The van der Waals surface area contributed by atoms with Crippen molar-refractivity contribution in [3.63, 3.8) is 0 Å². The molecule has 0 aliphatic rings. The van der Waals surface area contributed by atoms with E-state index in [1.807, 2.05) is 37.3 Å². The van der Waals surface area contributed by atoms with E-state index in [-0.39, 0.29) is 0 Å². The molecule has 0 spiro atoms. The molecule has 1 N–H and O–H groups in total. The Bertz CT molecular complexity index is 500. The molecule has 2 aromatic rings. The van der Waals surface area contributed by atoms with Gasteiger partial charge in [0.05, 0.1) is 7.11 Å². The van der Waals surface area contributed by atoms with Crippen molar-refractivity contribution in [2.75, 3.05) is 12.4 Å². The third-order valence-electron chi connectivity index (χ3n) is 2.43. The number of ether oxygens (including phenoxy) is 1. The lowest BCUT2D eigenvalue weighted by atomic mass is 10.2. The molecule has 0 radical (unpaired) electrons. The van der Waals surface area contributed by atoms with Crippen LogP contribution in [0.3, 0.4) is 0 Å². The number of hydrogen-bond acceptors (Lipinski definition) is 4. The SMILES string of the molecule is COc1ccccc1CNc1ccnc(C)n1. The van der Waals surface area contributed by atoms with Gasteiger partial charge in [0, 0.05) is 18.3 Å². The molecular formula is C13H15N3O. The van der Waals surface area contributed by atoms with Crippen LogP contribution >= 0.6 is 0 Å². The average molecular weight is 229 g/mol. The van der Waals surface area contributed by atoms with Crippen LogP contribution in [0.5, 0.6) is 5.75 Å². The van der Waals surface area contributed by atoms with E-state index in [4.69, 9.17) is 4.74 Å². The summed E-state index contributed by atoms with van der Waals surface area (Å²) in [5.41, 5.74) is 1.10. The summed E-state index contributed by atoms with van der Waals surface area (Å²) in [6.45, 7) is 2.55. The zero-order valence-electron chi connectivity index (χ0n) is 9.97. The minimum atomic E-state index is 0.681. The maximum atomic E-state index is 5.28. The van der Waals surface area contributed by atoms with Gasteiger partial charge in [-0.15, -0.1) is 0 Å². The van der Waals surface area contributed by atoms with Crippen LogP contribution in [-0.2, 0) is 6.54 Å². The lowest BCUT2D eigenvalue weighted by Crippen LogP contribution is -2.04. The number of methoxy groups -OCH3 is 1. The largest absolute Gasteiger partial charge is 0.496 e. The van der Waals surface area contributed by atoms with E-state index in [1.165, 1.54) is 0 Å². The van der Waals surface area contributed by atoms with Crippen molar-refractivity contribution in [3.8, 4) is 5.75 Å². The molecule has 0 fully saturated rings. The van der Waals surface area contributed by atoms with Crippen molar-refractivity contribution in [1.82, 2.24) is 9.97 Å². The van der Waals surface area contributed by atoms with Crippen molar-refractivity contribution >= 4 is 5.82 Å². The van der Waals surface area contributed by atoms with Crippen LogP contribution in [0, 0.1) is 6.92 Å². The molecule has 17 heavy (non-hydrogen) atoms. The van der Waals surface area contributed by atoms with Crippen LogP contribution < -0.4 is 10.1 Å². The number of hydrogen-bond donors (Lipinski definition) is 1. The second-order valence-electron chi connectivity index (χ2n) is 3.65. The van der Waals surface area contributed by atoms with Gasteiger partial charge in [-0.1, -0.05) is 18.2 Å². The summed E-state index contributed by atoms with van der Waals surface area (Å²) in [4.78, 5) is 8.33. The van der Waals surface area contributed by atoms with Crippen molar-refractivity contribution in [3.05, 3.63) is 47.9 Å². The van der Waals surface area contributed by atoms with Gasteiger partial charge in [0.1, 0.15) is 17.4 Å². The van der Waals surface area contributed by atoms with Crippen molar-refractivity contribution in [2.24, 2.45) is 0 Å². The highest BCUT2D eigenvalue weighted by Crippen LogP contribution is 2.18. The molecule has 0 atom stereocenters. The third-order valence-corrected chi connectivity index (χ3v) is 2.43. The maximum absolute atomic E-state index is 5.28. The Balaban J connectivity index is 2.07. The molecule has 0 aliphatic heterocycles. The first kappa shape index (κ1) is 11.4. The number of benzene rings is 1. The summed E-state index contributed by atoms with van der Waals surface area (Å²) in [5.74, 6) is 2.46. The van der Waals surface area contributed by atoms with Crippen LogP contribution in [0.1, 0.15) is 11.4 Å². The summed E-state index contributed by atoms with van der Waals surface area (Å²) in [7, 11) is 1.67. The Morgan fingerprint density at radius 1 is 1.24 bits per heavy atom. The van der Waals surface area contributed by atoms with Crippen LogP contribution in [0.25, 0.3) is 0 Å². The van der Waals surface area contributed by atoms with Gasteiger partial charge in [-0.25, -0.2) is 9.97 Å². The zero-order chi connectivity index (χ0) is 12.1. The molecule has 1 aromatic heterocycles. The van der Waals surface area contributed by atoms with E-state index >= 15 is 0 Å². The molecule has 4 heteroatoms. The van der Waals surface area contributed by atoms with E-state index in [9.17, 15) is 0 Å². The number of anilines is 1. The summed E-state index contributed by atoms with van der Waals surface area (Å²) in [6, 6.07) is 9.77. The first-order valence-electron chi connectivity index (χ1n) is 5.45. The minimum Gasteiger partial charge on any atom is -0.496 e. The van der Waals surface area contributed by atoms with Gasteiger partial charge in [-0.3, -0.25) is 0 Å². The predicted molar refractivity (Wildman–Crippen MR) is 67.1 cm³/mol. The van der Waals surface area contributed by atoms with Gasteiger partial charge in [0.2, 0.25) is 0 Å². The zero-order valence-corrected chi connectivity index (χ0v) is 9.97. The smallest absolute Gasteiger partial charge is 0.129 e. The topological polar surface area (TPSA) is 47.0 Å². The Morgan fingerprint density at radius 2 is 2.06 bits per heavy atom. The quantitative estimate of drug-likeness (QED) is 0.874. The van der Waals surface area contributed by atoms with Crippen LogP contribution in [0.2, 0.25) is 0 Å². The number of para-hydroxylation sites is 1. The molecule has 1 aromatic carbocycles. The molecule has 0 bridgehead atoms. The van der Waals surface area contributed by atoms with Gasteiger partial charge in [-0.2, -0.15) is 0 Å². The van der Waals surface area contributed by atoms with Gasteiger partial charge >= 0.3 is 0 Å². The molecule has 1 heterocycles. The molecule has 2 rings (SSSR count). The molecule has 0 saturated heterocycles. The Hall–Kier alpha value is -2.10.